The number of hydrogen-bond donors (Lipinski definition) is 0. The molecule has 2 radical (unpaired) electrons. The molecule has 0 amide bonds. The van der Waals surface area contributed by atoms with Gasteiger partial charge in [-0.2, -0.15) is 0 Å². The summed E-state index contributed by atoms with van der Waals surface area (Å²) in [5.74, 6) is 0. The Kier molecular flexibility index (Phi) is 3.33. The van der Waals surface area contributed by atoms with Gasteiger partial charge < -0.3 is 4.90 Å². The second-order valence-electron chi connectivity index (χ2n) is 5.97. The van der Waals surface area contributed by atoms with E-state index in [0.29, 0.717) is 6.04 Å². The van der Waals surface area contributed by atoms with Crippen LogP contribution in [-0.4, -0.2) is 14.9 Å². The maximum atomic E-state index is 5.89. The van der Waals surface area contributed by atoms with Crippen LogP contribution < -0.4 is 10.4 Å². The third kappa shape index (κ3) is 2.35. The van der Waals surface area contributed by atoms with Gasteiger partial charge in [0, 0.05) is 12.7 Å². The van der Waals surface area contributed by atoms with Gasteiger partial charge >= 0.3 is 0 Å². The first kappa shape index (κ1) is 13.3. The van der Waals surface area contributed by atoms with E-state index in [4.69, 9.17) is 7.85 Å². The quantitative estimate of drug-likeness (QED) is 0.712. The van der Waals surface area contributed by atoms with E-state index >= 15 is 0 Å². The Labute approximate surface area is 123 Å². The molecule has 0 aromatic heterocycles. The lowest BCUT2D eigenvalue weighted by Crippen LogP contribution is -2.30. The lowest BCUT2D eigenvalue weighted by atomic mass is 9.86. The van der Waals surface area contributed by atoms with Gasteiger partial charge in [-0.25, -0.2) is 0 Å². The fraction of sp³-hybridized carbons (Fsp3) is 0.333. The van der Waals surface area contributed by atoms with Crippen molar-refractivity contribution in [2.45, 2.75) is 32.7 Å². The van der Waals surface area contributed by atoms with Crippen molar-refractivity contribution in [1.82, 2.24) is 0 Å². The summed E-state index contributed by atoms with van der Waals surface area (Å²) in [6, 6.07) is 13.6. The molecule has 1 heterocycles. The Balaban J connectivity index is 1.99. The molecule has 2 heteroatoms. The molecule has 0 aliphatic carbocycles. The van der Waals surface area contributed by atoms with Gasteiger partial charge in [-0.3, -0.25) is 0 Å². The van der Waals surface area contributed by atoms with Crippen molar-refractivity contribution in [3.05, 3.63) is 58.7 Å². The summed E-state index contributed by atoms with van der Waals surface area (Å²) < 4.78 is 0. The van der Waals surface area contributed by atoms with Gasteiger partial charge in [-0.15, -0.1) is 0 Å². The minimum absolute atomic E-state index is 0.463. The smallest absolute Gasteiger partial charge is 0.113 e. The number of fused-ring (bicyclic) bond motifs is 1. The molecule has 0 bridgehead atoms. The molecule has 100 valence electrons. The maximum absolute atomic E-state index is 5.89. The van der Waals surface area contributed by atoms with Crippen LogP contribution in [0.1, 0.15) is 34.7 Å². The molecular weight excluding hydrogens is 241 g/mol. The molecule has 1 atom stereocenters. The Morgan fingerprint density at radius 1 is 1.05 bits per heavy atom. The summed E-state index contributed by atoms with van der Waals surface area (Å²) in [5, 5.41) is 0. The molecule has 0 N–H and O–H groups in total. The zero-order valence-corrected chi connectivity index (χ0v) is 12.5. The second-order valence-corrected chi connectivity index (χ2v) is 5.97. The van der Waals surface area contributed by atoms with Crippen LogP contribution in [0.5, 0.6) is 0 Å². The fourth-order valence-electron chi connectivity index (χ4n) is 3.40. The van der Waals surface area contributed by atoms with Crippen LogP contribution in [0.4, 0.5) is 5.69 Å². The monoisotopic (exact) mass is 261 g/mol. The molecule has 2 aromatic rings. The van der Waals surface area contributed by atoms with Crippen molar-refractivity contribution in [3.8, 4) is 0 Å². The summed E-state index contributed by atoms with van der Waals surface area (Å²) in [6.07, 6.45) is 2.25. The van der Waals surface area contributed by atoms with Crippen LogP contribution >= 0.6 is 0 Å². The van der Waals surface area contributed by atoms with Crippen molar-refractivity contribution in [2.75, 3.05) is 11.9 Å². The molecule has 0 saturated heterocycles. The first-order valence-corrected chi connectivity index (χ1v) is 7.24. The number of anilines is 1. The van der Waals surface area contributed by atoms with Crippen molar-refractivity contribution in [1.29, 1.82) is 0 Å². The van der Waals surface area contributed by atoms with Gasteiger partial charge in [-0.1, -0.05) is 46.9 Å². The largest absolute Gasteiger partial charge is 0.367 e. The SMILES string of the molecule is [B]c1ccc2c(c1)CCC(c1cc(C)cc(C)c1)N2C. The molecule has 0 spiro atoms. The summed E-state index contributed by atoms with van der Waals surface area (Å²) >= 11 is 0. The normalized spacial score (nSPS) is 17.9. The van der Waals surface area contributed by atoms with E-state index < -0.39 is 0 Å². The topological polar surface area (TPSA) is 3.24 Å². The lowest BCUT2D eigenvalue weighted by molar-refractivity contribution is 0.584. The highest BCUT2D eigenvalue weighted by atomic mass is 15.1. The van der Waals surface area contributed by atoms with Crippen LogP contribution in [0.2, 0.25) is 0 Å². The summed E-state index contributed by atoms with van der Waals surface area (Å²) in [7, 11) is 8.09. The first-order chi connectivity index (χ1) is 9.54. The van der Waals surface area contributed by atoms with Gasteiger partial charge in [-0.05, 0) is 43.9 Å². The first-order valence-electron chi connectivity index (χ1n) is 7.24. The van der Waals surface area contributed by atoms with E-state index in [9.17, 15) is 0 Å². The number of hydrogen-bond acceptors (Lipinski definition) is 1. The number of rotatable bonds is 1. The third-order valence-corrected chi connectivity index (χ3v) is 4.27. The molecule has 0 fully saturated rings. The minimum atomic E-state index is 0.463. The van der Waals surface area contributed by atoms with Gasteiger partial charge in [0.1, 0.15) is 7.85 Å². The molecule has 3 rings (SSSR count). The van der Waals surface area contributed by atoms with Gasteiger partial charge in [0.25, 0.3) is 0 Å². The van der Waals surface area contributed by atoms with Gasteiger partial charge in [0.15, 0.2) is 0 Å². The van der Waals surface area contributed by atoms with Crippen molar-refractivity contribution in [2.24, 2.45) is 0 Å². The molecule has 20 heavy (non-hydrogen) atoms. The van der Waals surface area contributed by atoms with E-state index in [0.717, 1.165) is 18.3 Å². The molecule has 0 saturated carbocycles. The Morgan fingerprint density at radius 3 is 2.45 bits per heavy atom. The molecule has 2 aromatic carbocycles. The zero-order chi connectivity index (χ0) is 14.3. The average Bonchev–Trinajstić information content (AvgIpc) is 2.37. The predicted octanol–water partition coefficient (Wildman–Crippen LogP) is 3.22. The molecule has 1 nitrogen and oxygen atoms in total. The highest BCUT2D eigenvalue weighted by Crippen LogP contribution is 2.37. The molecular formula is C18H20BN. The predicted molar refractivity (Wildman–Crippen MR) is 87.2 cm³/mol. The summed E-state index contributed by atoms with van der Waals surface area (Å²) in [6.45, 7) is 4.35. The Hall–Kier alpha value is -1.70. The van der Waals surface area contributed by atoms with Crippen molar-refractivity contribution < 1.29 is 0 Å². The van der Waals surface area contributed by atoms with E-state index in [1.165, 1.54) is 27.9 Å². The van der Waals surface area contributed by atoms with E-state index in [2.05, 4.69) is 56.1 Å². The van der Waals surface area contributed by atoms with E-state index in [1.807, 2.05) is 6.07 Å². The third-order valence-electron chi connectivity index (χ3n) is 4.27. The zero-order valence-electron chi connectivity index (χ0n) is 12.5. The van der Waals surface area contributed by atoms with E-state index in [-0.39, 0.29) is 0 Å². The van der Waals surface area contributed by atoms with Gasteiger partial charge in [0.05, 0.1) is 6.04 Å². The molecule has 1 aliphatic rings. The maximum Gasteiger partial charge on any atom is 0.113 e. The number of nitrogens with zero attached hydrogens (tertiary/aromatic N) is 1. The average molecular weight is 261 g/mol. The van der Waals surface area contributed by atoms with E-state index in [1.54, 1.807) is 0 Å². The summed E-state index contributed by atoms with van der Waals surface area (Å²) in [5.41, 5.74) is 7.66. The van der Waals surface area contributed by atoms with Gasteiger partial charge in [0.2, 0.25) is 0 Å². The second kappa shape index (κ2) is 5.01. The van der Waals surface area contributed by atoms with Crippen LogP contribution in [0.25, 0.3) is 0 Å². The highest BCUT2D eigenvalue weighted by molar-refractivity contribution is 6.32. The standard InChI is InChI=1S/C18H20BN/c1-12-8-13(2)10-15(9-12)18-6-4-14-11-16(19)5-7-17(14)20(18)3/h5,7-11,18H,4,6H2,1-3H3. The van der Waals surface area contributed by atoms with Crippen LogP contribution in [-0.2, 0) is 6.42 Å². The number of benzene rings is 2. The van der Waals surface area contributed by atoms with Crippen molar-refractivity contribution >= 4 is 19.0 Å². The van der Waals surface area contributed by atoms with Crippen LogP contribution in [0, 0.1) is 13.8 Å². The summed E-state index contributed by atoms with van der Waals surface area (Å²) in [4.78, 5) is 2.40. The highest BCUT2D eigenvalue weighted by Gasteiger charge is 2.24. The minimum Gasteiger partial charge on any atom is -0.367 e. The lowest BCUT2D eigenvalue weighted by Gasteiger charge is -2.37. The van der Waals surface area contributed by atoms with Crippen LogP contribution in [0.15, 0.2) is 36.4 Å². The van der Waals surface area contributed by atoms with Crippen LogP contribution in [0.3, 0.4) is 0 Å². The molecule has 1 unspecified atom stereocenters. The van der Waals surface area contributed by atoms with Crippen molar-refractivity contribution in [3.63, 3.8) is 0 Å². The Bertz CT molecular complexity index is 628. The Morgan fingerprint density at radius 2 is 1.75 bits per heavy atom. The number of aryl methyl sites for hydroxylation is 3. The molecule has 1 aliphatic heterocycles. The fourth-order valence-corrected chi connectivity index (χ4v) is 3.40.